The number of rotatable bonds is 58. The summed E-state index contributed by atoms with van der Waals surface area (Å²) in [6.07, 6.45) is 25.5. The van der Waals surface area contributed by atoms with Crippen molar-refractivity contribution in [1.82, 2.24) is 10.6 Å². The van der Waals surface area contributed by atoms with Crippen LogP contribution in [-0.2, 0) is 52.0 Å². The van der Waals surface area contributed by atoms with Crippen molar-refractivity contribution < 1.29 is 87.3 Å². The Hall–Kier alpha value is -2.33. The average Bonchev–Trinajstić information content (AvgIpc) is 0.885. The van der Waals surface area contributed by atoms with E-state index in [4.69, 9.17) is 28.2 Å². The van der Waals surface area contributed by atoms with Crippen LogP contribution in [0.2, 0.25) is 0 Å². The minimum Gasteiger partial charge on any atom is -0.462 e. The van der Waals surface area contributed by atoms with Gasteiger partial charge in [0.15, 0.2) is 12.4 Å². The molecule has 4 unspecified atom stereocenters. The molecule has 0 radical (unpaired) electrons. The molecule has 13 atom stereocenters. The maximum absolute atomic E-state index is 14.6. The van der Waals surface area contributed by atoms with E-state index in [9.17, 15) is 59.1 Å². The van der Waals surface area contributed by atoms with Crippen LogP contribution in [0.5, 0.6) is 0 Å². The quantitative estimate of drug-likeness (QED) is 0.0155. The highest BCUT2D eigenvalue weighted by molar-refractivity contribution is 7.46. The third kappa shape index (κ3) is 40.2. The molecule has 0 bridgehead atoms. The Morgan fingerprint density at radius 1 is 0.478 bits per heavy atom. The minimum atomic E-state index is -5.46. The standard InChI is InChI=1S/C69H131N2O18P/c1-6-10-14-18-22-26-27-31-35-39-43-47-61(77)86-56(46-42-38-34-30-25-21-17-13-9-4)50-60(76)71-64-68(88-62(78)49-55(74)45-41-37-33-29-24-20-16-12-8-3)67(89-90(81,82)83)57(51-72)87-69(64)84-52-58-65(79)66(80)63(53(5)85-58)70-59(75)48-54(73)44-40-36-32-28-23-19-15-11-7-2/h53-58,63-69,72-74,79-80H,6-52H2,1-5H3,(H,70,75)(H,71,76)(H2,81,82,83)/t53-,54-,55-,56-,57?,58?,63?,64?,65-,66-,67-,68-,69-/m1/s1. The van der Waals surface area contributed by atoms with Gasteiger partial charge in [0, 0.05) is 6.42 Å². The molecule has 0 aromatic carbocycles. The van der Waals surface area contributed by atoms with E-state index in [0.29, 0.717) is 32.1 Å². The monoisotopic (exact) mass is 1310 g/mol. The molecule has 530 valence electrons. The summed E-state index contributed by atoms with van der Waals surface area (Å²) in [4.78, 5) is 75.6. The number of phosphoric acid groups is 1. The number of amides is 2. The van der Waals surface area contributed by atoms with Gasteiger partial charge < -0.3 is 69.6 Å². The van der Waals surface area contributed by atoms with Gasteiger partial charge in [0.05, 0.1) is 56.8 Å². The molecule has 2 saturated heterocycles. The van der Waals surface area contributed by atoms with Gasteiger partial charge in [0.2, 0.25) is 11.8 Å². The van der Waals surface area contributed by atoms with Gasteiger partial charge in [0.25, 0.3) is 0 Å². The number of aliphatic hydroxyl groups excluding tert-OH is 5. The molecule has 2 heterocycles. The zero-order chi connectivity index (χ0) is 66.2. The number of nitrogens with one attached hydrogen (secondary N) is 2. The van der Waals surface area contributed by atoms with Crippen LogP contribution in [0, 0.1) is 0 Å². The molecule has 2 aliphatic heterocycles. The van der Waals surface area contributed by atoms with Crippen molar-refractivity contribution in [3.63, 3.8) is 0 Å². The Balaban J connectivity index is 2.36. The van der Waals surface area contributed by atoms with Gasteiger partial charge in [-0.2, -0.15) is 0 Å². The number of esters is 2. The van der Waals surface area contributed by atoms with E-state index in [-0.39, 0.29) is 25.7 Å². The van der Waals surface area contributed by atoms with Crippen LogP contribution in [0.1, 0.15) is 324 Å². The first-order valence-electron chi connectivity index (χ1n) is 36.3. The molecule has 0 aromatic heterocycles. The summed E-state index contributed by atoms with van der Waals surface area (Å²) in [7, 11) is -5.46. The van der Waals surface area contributed by atoms with Crippen molar-refractivity contribution in [2.24, 2.45) is 0 Å². The Kier molecular flexibility index (Phi) is 49.2. The SMILES string of the molecule is CCCCCCCCCCCCCC(=O)O[C@H](CCCCCCCCCCC)CC(=O)NC1[C@H](OCC2O[C@H](C)C(NC(=O)C[C@H](O)CCCCCCCCCCC)[C@@H](O)[C@@H]2O)OC(CO)[C@@H](OP(=O)(O)O)[C@@H]1OC(=O)C[C@H](O)CCCCCCCCCCC. The second-order valence-corrected chi connectivity index (χ2v) is 27.5. The highest BCUT2D eigenvalue weighted by Gasteiger charge is 2.53. The summed E-state index contributed by atoms with van der Waals surface area (Å²) in [5.41, 5.74) is 0. The number of carbonyl (C=O) groups is 4. The molecular weight excluding hydrogens is 1180 g/mol. The lowest BCUT2D eigenvalue weighted by molar-refractivity contribution is -0.285. The van der Waals surface area contributed by atoms with Crippen LogP contribution in [0.3, 0.4) is 0 Å². The lowest BCUT2D eigenvalue weighted by Crippen LogP contribution is -2.67. The number of ether oxygens (including phenoxy) is 5. The molecule has 2 aliphatic rings. The predicted octanol–water partition coefficient (Wildman–Crippen LogP) is 12.9. The Morgan fingerprint density at radius 3 is 1.32 bits per heavy atom. The first kappa shape index (κ1) is 83.8. The molecule has 2 rings (SSSR count). The summed E-state index contributed by atoms with van der Waals surface area (Å²) >= 11 is 0. The molecule has 20 nitrogen and oxygen atoms in total. The molecule has 0 spiro atoms. The fourth-order valence-electron chi connectivity index (χ4n) is 12.4. The molecule has 2 fully saturated rings. The van der Waals surface area contributed by atoms with Gasteiger partial charge in [-0.15, -0.1) is 0 Å². The molecule has 0 aliphatic carbocycles. The van der Waals surface area contributed by atoms with Crippen LogP contribution >= 0.6 is 7.82 Å². The number of phosphoric ester groups is 1. The van der Waals surface area contributed by atoms with E-state index in [1.54, 1.807) is 6.92 Å². The fourth-order valence-corrected chi connectivity index (χ4v) is 13.0. The van der Waals surface area contributed by atoms with Crippen LogP contribution in [0.25, 0.3) is 0 Å². The first-order valence-corrected chi connectivity index (χ1v) is 37.9. The van der Waals surface area contributed by atoms with Gasteiger partial charge in [-0.1, -0.05) is 259 Å². The molecule has 2 amide bonds. The van der Waals surface area contributed by atoms with Gasteiger partial charge in [-0.25, -0.2) is 4.57 Å². The van der Waals surface area contributed by atoms with Gasteiger partial charge in [-0.3, -0.25) is 23.7 Å². The van der Waals surface area contributed by atoms with E-state index < -0.39 is 131 Å². The smallest absolute Gasteiger partial charge is 0.462 e. The van der Waals surface area contributed by atoms with Crippen LogP contribution in [0.4, 0.5) is 0 Å². The summed E-state index contributed by atoms with van der Waals surface area (Å²) in [6.45, 7) is 8.81. The maximum Gasteiger partial charge on any atom is 0.470 e. The van der Waals surface area contributed by atoms with Gasteiger partial charge >= 0.3 is 19.8 Å². The second-order valence-electron chi connectivity index (χ2n) is 26.3. The lowest BCUT2D eigenvalue weighted by atomic mass is 9.93. The summed E-state index contributed by atoms with van der Waals surface area (Å²) in [5, 5.41) is 60.9. The highest BCUT2D eigenvalue weighted by atomic mass is 31.2. The number of carbonyl (C=O) groups excluding carboxylic acids is 4. The summed E-state index contributed by atoms with van der Waals surface area (Å²) < 4.78 is 48.3. The minimum absolute atomic E-state index is 0.171. The normalized spacial score (nSPS) is 23.1. The van der Waals surface area contributed by atoms with Crippen molar-refractivity contribution in [3.8, 4) is 0 Å². The molecule has 0 saturated carbocycles. The van der Waals surface area contributed by atoms with Crippen LogP contribution in [-0.4, -0.2) is 152 Å². The number of aliphatic hydroxyl groups is 5. The summed E-state index contributed by atoms with van der Waals surface area (Å²) in [5.74, 6) is -2.73. The zero-order valence-electron chi connectivity index (χ0n) is 56.8. The Labute approximate surface area is 543 Å². The van der Waals surface area contributed by atoms with Crippen molar-refractivity contribution in [2.45, 2.75) is 403 Å². The van der Waals surface area contributed by atoms with Gasteiger partial charge in [-0.05, 0) is 39.0 Å². The summed E-state index contributed by atoms with van der Waals surface area (Å²) in [6, 6.07) is -2.75. The highest BCUT2D eigenvalue weighted by Crippen LogP contribution is 2.42. The third-order valence-corrected chi connectivity index (χ3v) is 18.4. The van der Waals surface area contributed by atoms with E-state index in [1.165, 1.54) is 116 Å². The van der Waals surface area contributed by atoms with Crippen molar-refractivity contribution in [3.05, 3.63) is 0 Å². The Bertz CT molecular complexity index is 1850. The number of unbranched alkanes of at least 4 members (excludes halogenated alkanes) is 34. The predicted molar refractivity (Wildman–Crippen MR) is 351 cm³/mol. The third-order valence-electron chi connectivity index (χ3n) is 17.9. The van der Waals surface area contributed by atoms with E-state index in [1.807, 2.05) is 0 Å². The van der Waals surface area contributed by atoms with Crippen LogP contribution < -0.4 is 10.6 Å². The average molecular weight is 1310 g/mol. The van der Waals surface area contributed by atoms with Gasteiger partial charge in [0.1, 0.15) is 42.7 Å². The Morgan fingerprint density at radius 2 is 0.878 bits per heavy atom. The fraction of sp³-hybridized carbons (Fsp3) is 0.942. The largest absolute Gasteiger partial charge is 0.470 e. The van der Waals surface area contributed by atoms with Crippen molar-refractivity contribution >= 4 is 31.6 Å². The topological polar surface area (TPSA) is 306 Å². The lowest BCUT2D eigenvalue weighted by Gasteiger charge is -2.46. The molecule has 0 aromatic rings. The van der Waals surface area contributed by atoms with E-state index in [2.05, 4.69) is 38.3 Å². The van der Waals surface area contributed by atoms with E-state index in [0.717, 1.165) is 109 Å². The maximum atomic E-state index is 14.6. The van der Waals surface area contributed by atoms with Crippen LogP contribution in [0.15, 0.2) is 0 Å². The molecule has 21 heteroatoms. The van der Waals surface area contributed by atoms with Crippen molar-refractivity contribution in [2.75, 3.05) is 13.2 Å². The first-order chi connectivity index (χ1) is 43.4. The second kappa shape index (κ2) is 52.9. The number of hydrogen-bond acceptors (Lipinski definition) is 16. The molecular formula is C69H131N2O18P. The number of hydrogen-bond donors (Lipinski definition) is 9. The van der Waals surface area contributed by atoms with E-state index >= 15 is 0 Å². The zero-order valence-corrected chi connectivity index (χ0v) is 57.7. The molecule has 90 heavy (non-hydrogen) atoms. The molecule has 9 N–H and O–H groups in total. The van der Waals surface area contributed by atoms with Crippen molar-refractivity contribution in [1.29, 1.82) is 0 Å².